The number of β-amino-alcohol motifs (C(OH)–C–C–N with tert-alkyl or cyclic N) is 1. The van der Waals surface area contributed by atoms with Crippen LogP contribution in [0.4, 0.5) is 4.79 Å². The van der Waals surface area contributed by atoms with E-state index in [1.165, 1.54) is 11.1 Å². The van der Waals surface area contributed by atoms with Gasteiger partial charge in [0.05, 0.1) is 18.7 Å². The van der Waals surface area contributed by atoms with E-state index in [1.807, 2.05) is 27.7 Å². The molecule has 1 aromatic carbocycles. The third-order valence-electron chi connectivity index (χ3n) is 5.36. The number of halogens is 1. The van der Waals surface area contributed by atoms with Crippen molar-refractivity contribution < 1.29 is 14.6 Å². The number of rotatable bonds is 6. The van der Waals surface area contributed by atoms with E-state index < -0.39 is 11.7 Å². The summed E-state index contributed by atoms with van der Waals surface area (Å²) in [5.74, 6) is 0.666. The molecule has 2 heterocycles. The van der Waals surface area contributed by atoms with Gasteiger partial charge in [0.25, 0.3) is 0 Å². The highest BCUT2D eigenvalue weighted by Crippen LogP contribution is 2.18. The van der Waals surface area contributed by atoms with Gasteiger partial charge in [-0.05, 0) is 45.2 Å². The number of aliphatic hydroxyl groups is 1. The van der Waals surface area contributed by atoms with Crippen molar-refractivity contribution in [2.24, 2.45) is 4.99 Å². The minimum atomic E-state index is -0.527. The van der Waals surface area contributed by atoms with E-state index in [9.17, 15) is 9.90 Å². The smallest absolute Gasteiger partial charge is 0.410 e. The largest absolute Gasteiger partial charge is 0.444 e. The number of nitrogens with one attached hydrogen (secondary N) is 2. The summed E-state index contributed by atoms with van der Waals surface area (Å²) in [6.45, 7) is 12.3. The Labute approximate surface area is 208 Å². The molecular weight excluding hydrogens is 521 g/mol. The fourth-order valence-electron chi connectivity index (χ4n) is 3.82. The van der Waals surface area contributed by atoms with Crippen LogP contribution in [0.15, 0.2) is 29.3 Å². The molecule has 1 aromatic rings. The van der Waals surface area contributed by atoms with Gasteiger partial charge in [-0.2, -0.15) is 0 Å². The first-order valence-electron chi connectivity index (χ1n) is 11.2. The molecule has 2 aliphatic heterocycles. The molecule has 32 heavy (non-hydrogen) atoms. The van der Waals surface area contributed by atoms with E-state index in [-0.39, 0.29) is 36.1 Å². The van der Waals surface area contributed by atoms with Gasteiger partial charge in [0, 0.05) is 39.3 Å². The molecule has 2 aliphatic rings. The lowest BCUT2D eigenvalue weighted by Gasteiger charge is -2.40. The molecule has 0 bridgehead atoms. The third kappa shape index (κ3) is 8.08. The van der Waals surface area contributed by atoms with Crippen molar-refractivity contribution in [3.63, 3.8) is 0 Å². The first-order valence-corrected chi connectivity index (χ1v) is 11.2. The number of nitrogens with zero attached hydrogens (tertiary/aromatic N) is 3. The van der Waals surface area contributed by atoms with E-state index >= 15 is 0 Å². The first-order chi connectivity index (χ1) is 14.7. The van der Waals surface area contributed by atoms with Crippen molar-refractivity contribution in [2.75, 3.05) is 39.3 Å². The first kappa shape index (κ1) is 26.7. The molecule has 180 valence electrons. The number of hydrogen-bond donors (Lipinski definition) is 3. The number of guanidine groups is 1. The van der Waals surface area contributed by atoms with Crippen molar-refractivity contribution in [1.29, 1.82) is 0 Å². The monoisotopic (exact) mass is 559 g/mol. The molecule has 1 unspecified atom stereocenters. The van der Waals surface area contributed by atoms with Crippen LogP contribution in [-0.2, 0) is 17.7 Å². The van der Waals surface area contributed by atoms with Crippen LogP contribution in [0.3, 0.4) is 0 Å². The number of fused-ring (bicyclic) bond motifs is 1. The van der Waals surface area contributed by atoms with Crippen molar-refractivity contribution in [3.8, 4) is 0 Å². The molecule has 0 aromatic heterocycles. The number of amides is 1. The summed E-state index contributed by atoms with van der Waals surface area (Å²) in [7, 11) is 0. The van der Waals surface area contributed by atoms with Crippen molar-refractivity contribution in [2.45, 2.75) is 58.4 Å². The molecule has 0 aliphatic carbocycles. The number of benzene rings is 1. The summed E-state index contributed by atoms with van der Waals surface area (Å²) in [4.78, 5) is 20.6. The second-order valence-electron chi connectivity index (χ2n) is 9.35. The number of likely N-dealkylation sites (tertiary alicyclic amines) is 1. The Morgan fingerprint density at radius 3 is 2.62 bits per heavy atom. The van der Waals surface area contributed by atoms with Crippen LogP contribution in [0, 0.1) is 0 Å². The Balaban J connectivity index is 0.00000363. The van der Waals surface area contributed by atoms with Crippen LogP contribution in [0.2, 0.25) is 0 Å². The van der Waals surface area contributed by atoms with Crippen LogP contribution in [0.25, 0.3) is 0 Å². The molecule has 1 saturated heterocycles. The Bertz CT molecular complexity index is 777. The minimum Gasteiger partial charge on any atom is -0.444 e. The van der Waals surface area contributed by atoms with E-state index in [1.54, 1.807) is 4.90 Å². The third-order valence-corrected chi connectivity index (χ3v) is 5.36. The quantitative estimate of drug-likeness (QED) is 0.282. The predicted molar refractivity (Wildman–Crippen MR) is 138 cm³/mol. The molecule has 0 spiro atoms. The Hall–Kier alpha value is -1.59. The molecule has 1 atom stereocenters. The maximum atomic E-state index is 12.1. The summed E-state index contributed by atoms with van der Waals surface area (Å²) < 4.78 is 5.39. The second kappa shape index (κ2) is 12.0. The van der Waals surface area contributed by atoms with Gasteiger partial charge >= 0.3 is 6.09 Å². The van der Waals surface area contributed by atoms with Gasteiger partial charge in [-0.1, -0.05) is 24.3 Å². The van der Waals surface area contributed by atoms with Gasteiger partial charge in [0.15, 0.2) is 5.96 Å². The van der Waals surface area contributed by atoms with Crippen molar-refractivity contribution >= 4 is 36.0 Å². The maximum Gasteiger partial charge on any atom is 0.410 e. The standard InChI is InChI=1S/C23H37N5O3.HI/c1-5-24-21(26-19-14-28(15-19)22(30)31-23(2,3)4)25-12-20(29)16-27-11-10-17-8-6-7-9-18(17)13-27;/h6-9,19-20,29H,5,10-16H2,1-4H3,(H2,24,25,26);1H. The second-order valence-corrected chi connectivity index (χ2v) is 9.35. The van der Waals surface area contributed by atoms with Gasteiger partial charge in [0.2, 0.25) is 0 Å². The van der Waals surface area contributed by atoms with E-state index in [0.29, 0.717) is 32.1 Å². The summed E-state index contributed by atoms with van der Waals surface area (Å²) in [6, 6.07) is 8.63. The van der Waals surface area contributed by atoms with Crippen molar-refractivity contribution in [3.05, 3.63) is 35.4 Å². The predicted octanol–water partition coefficient (Wildman–Crippen LogP) is 2.20. The Morgan fingerprint density at radius 1 is 1.28 bits per heavy atom. The van der Waals surface area contributed by atoms with Crippen LogP contribution < -0.4 is 10.6 Å². The summed E-state index contributed by atoms with van der Waals surface area (Å²) >= 11 is 0. The highest BCUT2D eigenvalue weighted by molar-refractivity contribution is 14.0. The van der Waals surface area contributed by atoms with Gasteiger partial charge in [0.1, 0.15) is 5.60 Å². The number of aliphatic imine (C=N–C) groups is 1. The number of hydrogen-bond acceptors (Lipinski definition) is 5. The molecule has 3 rings (SSSR count). The van der Waals surface area contributed by atoms with Gasteiger partial charge in [-0.15, -0.1) is 24.0 Å². The number of carbonyl (C=O) groups is 1. The zero-order valence-electron chi connectivity index (χ0n) is 19.6. The minimum absolute atomic E-state index is 0. The molecule has 3 N–H and O–H groups in total. The zero-order valence-corrected chi connectivity index (χ0v) is 22.0. The highest BCUT2D eigenvalue weighted by atomic mass is 127. The van der Waals surface area contributed by atoms with E-state index in [4.69, 9.17) is 4.74 Å². The molecule has 9 heteroatoms. The molecule has 1 fully saturated rings. The van der Waals surface area contributed by atoms with Crippen LogP contribution in [-0.4, -0.2) is 84.0 Å². The normalized spacial score (nSPS) is 18.2. The van der Waals surface area contributed by atoms with Crippen LogP contribution >= 0.6 is 24.0 Å². The average Bonchev–Trinajstić information content (AvgIpc) is 2.66. The van der Waals surface area contributed by atoms with E-state index in [0.717, 1.165) is 26.1 Å². The SMILES string of the molecule is CCNC(=NCC(O)CN1CCc2ccccc2C1)NC1CN(C(=O)OC(C)(C)C)C1.I. The van der Waals surface area contributed by atoms with Gasteiger partial charge in [-0.25, -0.2) is 4.79 Å². The lowest BCUT2D eigenvalue weighted by Crippen LogP contribution is -2.63. The summed E-state index contributed by atoms with van der Waals surface area (Å²) in [5, 5.41) is 17.1. The number of carbonyl (C=O) groups excluding carboxylic acids is 1. The van der Waals surface area contributed by atoms with Gasteiger partial charge in [-0.3, -0.25) is 9.89 Å². The summed E-state index contributed by atoms with van der Waals surface area (Å²) in [5.41, 5.74) is 2.27. The zero-order chi connectivity index (χ0) is 22.4. The lowest BCUT2D eigenvalue weighted by atomic mass is 10.00. The van der Waals surface area contributed by atoms with Gasteiger partial charge < -0.3 is 25.4 Å². The lowest BCUT2D eigenvalue weighted by molar-refractivity contribution is 0.00700. The summed E-state index contributed by atoms with van der Waals surface area (Å²) in [6.07, 6.45) is 0.206. The topological polar surface area (TPSA) is 89.4 Å². The van der Waals surface area contributed by atoms with E-state index in [2.05, 4.69) is 44.8 Å². The Kier molecular flexibility index (Phi) is 10.0. The highest BCUT2D eigenvalue weighted by Gasteiger charge is 2.34. The van der Waals surface area contributed by atoms with Crippen molar-refractivity contribution in [1.82, 2.24) is 20.4 Å². The molecule has 1 amide bonds. The molecular formula is C23H38IN5O3. The van der Waals surface area contributed by atoms with Crippen LogP contribution in [0.5, 0.6) is 0 Å². The number of aliphatic hydroxyl groups excluding tert-OH is 1. The average molecular weight is 559 g/mol. The fraction of sp³-hybridized carbons (Fsp3) is 0.652. The Morgan fingerprint density at radius 2 is 1.97 bits per heavy atom. The molecule has 0 radical (unpaired) electrons. The maximum absolute atomic E-state index is 12.1. The fourth-order valence-corrected chi connectivity index (χ4v) is 3.82. The molecule has 8 nitrogen and oxygen atoms in total. The number of ether oxygens (including phenoxy) is 1. The molecule has 0 saturated carbocycles. The van der Waals surface area contributed by atoms with Crippen LogP contribution in [0.1, 0.15) is 38.8 Å².